The Kier molecular flexibility index (Phi) is 5.16. The fourth-order valence-electron chi connectivity index (χ4n) is 0.462. The first-order chi connectivity index (χ1) is 4.81. The summed E-state index contributed by atoms with van der Waals surface area (Å²) in [6.45, 7) is 9.18. The summed E-state index contributed by atoms with van der Waals surface area (Å²) in [6, 6.07) is 0. The SMILES string of the molecule is C=CNC(=C)/C=C\C=C/C. The molecule has 0 bridgehead atoms. The van der Waals surface area contributed by atoms with Crippen LogP contribution in [0.25, 0.3) is 0 Å². The second-order valence-corrected chi connectivity index (χ2v) is 1.76. The van der Waals surface area contributed by atoms with E-state index >= 15 is 0 Å². The lowest BCUT2D eigenvalue weighted by Gasteiger charge is -1.94. The molecule has 0 aromatic carbocycles. The second kappa shape index (κ2) is 5.89. The second-order valence-electron chi connectivity index (χ2n) is 1.76. The number of hydrogen-bond donors (Lipinski definition) is 1. The lowest BCUT2D eigenvalue weighted by Crippen LogP contribution is -1.98. The Hall–Kier alpha value is -1.24. The summed E-state index contributed by atoms with van der Waals surface area (Å²) >= 11 is 0. The predicted octanol–water partition coefficient (Wildman–Crippen LogP) is 2.37. The fourth-order valence-corrected chi connectivity index (χ4v) is 0.462. The van der Waals surface area contributed by atoms with Gasteiger partial charge in [0.2, 0.25) is 0 Å². The zero-order valence-corrected chi connectivity index (χ0v) is 6.30. The molecule has 0 unspecified atom stereocenters. The van der Waals surface area contributed by atoms with E-state index in [1.165, 1.54) is 0 Å². The topological polar surface area (TPSA) is 12.0 Å². The molecule has 1 nitrogen and oxygen atoms in total. The molecular weight excluding hydrogens is 122 g/mol. The van der Waals surface area contributed by atoms with Crippen molar-refractivity contribution in [3.8, 4) is 0 Å². The molecule has 0 amide bonds. The lowest BCUT2D eigenvalue weighted by atomic mass is 10.4. The molecular formula is C9H13N. The highest BCUT2D eigenvalue weighted by molar-refractivity contribution is 5.18. The molecule has 0 aliphatic rings. The summed E-state index contributed by atoms with van der Waals surface area (Å²) < 4.78 is 0. The van der Waals surface area contributed by atoms with Crippen molar-refractivity contribution >= 4 is 0 Å². The van der Waals surface area contributed by atoms with Crippen LogP contribution in [0.1, 0.15) is 6.92 Å². The summed E-state index contributed by atoms with van der Waals surface area (Å²) in [5.74, 6) is 0. The van der Waals surface area contributed by atoms with Gasteiger partial charge in [0.05, 0.1) is 0 Å². The average Bonchev–Trinajstić information content (AvgIpc) is 1.89. The van der Waals surface area contributed by atoms with Crippen LogP contribution in [0.4, 0.5) is 0 Å². The van der Waals surface area contributed by atoms with Crippen molar-refractivity contribution in [1.82, 2.24) is 5.32 Å². The Balaban J connectivity index is 3.66. The molecule has 0 atom stereocenters. The first-order valence-electron chi connectivity index (χ1n) is 3.17. The maximum atomic E-state index is 3.71. The van der Waals surface area contributed by atoms with Crippen LogP contribution in [0, 0.1) is 0 Å². The van der Waals surface area contributed by atoms with E-state index in [0.717, 1.165) is 5.70 Å². The molecule has 0 aliphatic heterocycles. The van der Waals surface area contributed by atoms with Gasteiger partial charge in [-0.3, -0.25) is 0 Å². The largest absolute Gasteiger partial charge is 0.363 e. The minimum Gasteiger partial charge on any atom is -0.363 e. The monoisotopic (exact) mass is 135 g/mol. The molecule has 0 spiro atoms. The Morgan fingerprint density at radius 1 is 1.40 bits per heavy atom. The van der Waals surface area contributed by atoms with Crippen molar-refractivity contribution in [1.29, 1.82) is 0 Å². The van der Waals surface area contributed by atoms with Crippen LogP contribution in [0.15, 0.2) is 49.4 Å². The molecule has 0 saturated heterocycles. The number of nitrogens with one attached hydrogen (secondary N) is 1. The van der Waals surface area contributed by atoms with Gasteiger partial charge >= 0.3 is 0 Å². The summed E-state index contributed by atoms with van der Waals surface area (Å²) in [6.07, 6.45) is 9.29. The Morgan fingerprint density at radius 3 is 2.60 bits per heavy atom. The molecule has 0 aliphatic carbocycles. The van der Waals surface area contributed by atoms with Crippen molar-refractivity contribution in [3.63, 3.8) is 0 Å². The Morgan fingerprint density at radius 2 is 2.10 bits per heavy atom. The molecule has 1 N–H and O–H groups in total. The maximum Gasteiger partial charge on any atom is 0.0306 e. The minimum atomic E-state index is 0.841. The number of hydrogen-bond acceptors (Lipinski definition) is 1. The molecule has 0 fully saturated rings. The van der Waals surface area contributed by atoms with E-state index in [-0.39, 0.29) is 0 Å². The lowest BCUT2D eigenvalue weighted by molar-refractivity contribution is 1.13. The van der Waals surface area contributed by atoms with Gasteiger partial charge in [-0.2, -0.15) is 0 Å². The zero-order valence-electron chi connectivity index (χ0n) is 6.30. The highest BCUT2D eigenvalue weighted by Crippen LogP contribution is 1.86. The van der Waals surface area contributed by atoms with Crippen LogP contribution >= 0.6 is 0 Å². The summed E-state index contributed by atoms with van der Waals surface area (Å²) in [7, 11) is 0. The molecule has 0 heterocycles. The number of rotatable bonds is 4. The van der Waals surface area contributed by atoms with Gasteiger partial charge in [-0.05, 0) is 19.2 Å². The minimum absolute atomic E-state index is 0.841. The van der Waals surface area contributed by atoms with Crippen molar-refractivity contribution in [2.24, 2.45) is 0 Å². The van der Waals surface area contributed by atoms with E-state index in [0.29, 0.717) is 0 Å². The smallest absolute Gasteiger partial charge is 0.0306 e. The first kappa shape index (κ1) is 8.76. The zero-order chi connectivity index (χ0) is 7.82. The third-order valence-corrected chi connectivity index (χ3v) is 0.888. The summed E-state index contributed by atoms with van der Waals surface area (Å²) in [4.78, 5) is 0. The van der Waals surface area contributed by atoms with Gasteiger partial charge < -0.3 is 5.32 Å². The molecule has 0 aromatic rings. The van der Waals surface area contributed by atoms with Gasteiger partial charge in [-0.1, -0.05) is 31.4 Å². The van der Waals surface area contributed by atoms with Crippen LogP contribution < -0.4 is 5.32 Å². The highest BCUT2D eigenvalue weighted by Gasteiger charge is 1.75. The van der Waals surface area contributed by atoms with Crippen molar-refractivity contribution in [3.05, 3.63) is 49.4 Å². The van der Waals surface area contributed by atoms with E-state index < -0.39 is 0 Å². The first-order valence-corrected chi connectivity index (χ1v) is 3.17. The van der Waals surface area contributed by atoms with E-state index in [1.807, 2.05) is 31.2 Å². The fraction of sp³-hybridized carbons (Fsp3) is 0.111. The van der Waals surface area contributed by atoms with E-state index in [2.05, 4.69) is 18.5 Å². The van der Waals surface area contributed by atoms with Crippen LogP contribution in [-0.4, -0.2) is 0 Å². The average molecular weight is 135 g/mol. The van der Waals surface area contributed by atoms with Gasteiger partial charge in [-0.25, -0.2) is 0 Å². The summed E-state index contributed by atoms with van der Waals surface area (Å²) in [5.41, 5.74) is 0.841. The Bertz CT molecular complexity index is 164. The van der Waals surface area contributed by atoms with Gasteiger partial charge in [-0.15, -0.1) is 0 Å². The normalized spacial score (nSPS) is 10.5. The molecule has 54 valence electrons. The van der Waals surface area contributed by atoms with Crippen molar-refractivity contribution in [2.75, 3.05) is 0 Å². The molecule has 0 rings (SSSR count). The third-order valence-electron chi connectivity index (χ3n) is 0.888. The third kappa shape index (κ3) is 4.91. The van der Waals surface area contributed by atoms with E-state index in [4.69, 9.17) is 0 Å². The molecule has 0 saturated carbocycles. The molecule has 0 aromatic heterocycles. The van der Waals surface area contributed by atoms with E-state index in [1.54, 1.807) is 6.20 Å². The quantitative estimate of drug-likeness (QED) is 0.583. The van der Waals surface area contributed by atoms with Crippen LogP contribution in [0.3, 0.4) is 0 Å². The predicted molar refractivity (Wildman–Crippen MR) is 46.4 cm³/mol. The van der Waals surface area contributed by atoms with Crippen molar-refractivity contribution < 1.29 is 0 Å². The van der Waals surface area contributed by atoms with Crippen LogP contribution in [0.5, 0.6) is 0 Å². The van der Waals surface area contributed by atoms with Gasteiger partial charge in [0.15, 0.2) is 0 Å². The maximum absolute atomic E-state index is 3.71. The Labute approximate surface area is 62.5 Å². The van der Waals surface area contributed by atoms with Crippen molar-refractivity contribution in [2.45, 2.75) is 6.92 Å². The van der Waals surface area contributed by atoms with Crippen LogP contribution in [0.2, 0.25) is 0 Å². The van der Waals surface area contributed by atoms with Crippen LogP contribution in [-0.2, 0) is 0 Å². The van der Waals surface area contributed by atoms with E-state index in [9.17, 15) is 0 Å². The van der Waals surface area contributed by atoms with Gasteiger partial charge in [0.25, 0.3) is 0 Å². The van der Waals surface area contributed by atoms with Gasteiger partial charge in [0, 0.05) is 5.70 Å². The molecule has 10 heavy (non-hydrogen) atoms. The van der Waals surface area contributed by atoms with Gasteiger partial charge in [0.1, 0.15) is 0 Å². The molecule has 0 radical (unpaired) electrons. The molecule has 1 heteroatoms. The highest BCUT2D eigenvalue weighted by atomic mass is 14.8. The summed E-state index contributed by atoms with van der Waals surface area (Å²) in [5, 5.41) is 2.85. The standard InChI is InChI=1S/C9H13N/c1-4-6-7-8-9(3)10-5-2/h4-8,10H,2-3H2,1H3/b6-4-,8-7-. The number of allylic oxidation sites excluding steroid dienone is 4.